The summed E-state index contributed by atoms with van der Waals surface area (Å²) in [6, 6.07) is 14.9. The van der Waals surface area contributed by atoms with Crippen LogP contribution in [0.4, 0.5) is 5.69 Å². The van der Waals surface area contributed by atoms with Gasteiger partial charge in [-0.05, 0) is 37.6 Å². The fourth-order valence-electron chi connectivity index (χ4n) is 3.38. The maximum atomic E-state index is 12.9. The number of carbonyl (C=O) groups is 2. The number of hydrogen-bond donors (Lipinski definition) is 2. The summed E-state index contributed by atoms with van der Waals surface area (Å²) in [7, 11) is 0. The number of carbonyl (C=O) groups excluding carboxylic acids is 2. The number of aryl methyl sites for hydroxylation is 1. The van der Waals surface area contributed by atoms with Crippen molar-refractivity contribution in [3.05, 3.63) is 54.4 Å². The largest absolute Gasteiger partial charge is 0.466 e. The maximum Gasteiger partial charge on any atom is 0.278 e. The van der Waals surface area contributed by atoms with Crippen LogP contribution in [0.2, 0.25) is 0 Å². The van der Waals surface area contributed by atoms with E-state index in [1.54, 1.807) is 24.3 Å². The molecule has 1 unspecified atom stereocenters. The van der Waals surface area contributed by atoms with Gasteiger partial charge in [-0.3, -0.25) is 9.59 Å². The summed E-state index contributed by atoms with van der Waals surface area (Å²) < 4.78 is 7.86. The molecule has 2 aromatic carbocycles. The van der Waals surface area contributed by atoms with E-state index in [0.29, 0.717) is 11.4 Å². The number of ether oxygens (including phenoxy) is 1. The van der Waals surface area contributed by atoms with Crippen molar-refractivity contribution in [1.29, 1.82) is 0 Å². The summed E-state index contributed by atoms with van der Waals surface area (Å²) in [5.41, 5.74) is 0.825. The van der Waals surface area contributed by atoms with Crippen molar-refractivity contribution < 1.29 is 14.3 Å². The highest BCUT2D eigenvalue weighted by molar-refractivity contribution is 6.15. The Morgan fingerprint density at radius 2 is 1.96 bits per heavy atom. The molecule has 3 aromatic rings. The number of imidazole rings is 1. The van der Waals surface area contributed by atoms with Gasteiger partial charge in [0.15, 0.2) is 0 Å². The molecule has 4 rings (SSSR count). The first-order valence-electron chi connectivity index (χ1n) is 9.35. The number of benzene rings is 2. The molecule has 0 saturated carbocycles. The fourth-order valence-corrected chi connectivity index (χ4v) is 3.38. The zero-order chi connectivity index (χ0) is 19.7. The predicted octanol–water partition coefficient (Wildman–Crippen LogP) is 2.85. The van der Waals surface area contributed by atoms with E-state index in [0.717, 1.165) is 29.8 Å². The van der Waals surface area contributed by atoms with Gasteiger partial charge in [-0.15, -0.1) is 0 Å². The van der Waals surface area contributed by atoms with Gasteiger partial charge in [0, 0.05) is 6.54 Å². The third-order valence-corrected chi connectivity index (χ3v) is 4.90. The minimum Gasteiger partial charge on any atom is -0.466 e. The van der Waals surface area contributed by atoms with Crippen molar-refractivity contribution in [2.24, 2.45) is 0 Å². The van der Waals surface area contributed by atoms with Crippen LogP contribution in [0, 0.1) is 0 Å². The van der Waals surface area contributed by atoms with Crippen molar-refractivity contribution in [1.82, 2.24) is 14.9 Å². The summed E-state index contributed by atoms with van der Waals surface area (Å²) in [5.74, 6) is 0.218. The van der Waals surface area contributed by atoms with Crippen LogP contribution in [-0.4, -0.2) is 27.0 Å². The summed E-state index contributed by atoms with van der Waals surface area (Å²) in [4.78, 5) is 30.0. The molecular formula is C21H22N4O3. The molecule has 2 heterocycles. The lowest BCUT2D eigenvalue weighted by Crippen LogP contribution is -2.58. The van der Waals surface area contributed by atoms with Crippen molar-refractivity contribution in [2.75, 3.05) is 5.32 Å². The van der Waals surface area contributed by atoms with Crippen LogP contribution in [0.15, 0.2) is 48.5 Å². The Bertz CT molecular complexity index is 1060. The van der Waals surface area contributed by atoms with E-state index < -0.39 is 17.4 Å². The van der Waals surface area contributed by atoms with Crippen LogP contribution in [-0.2, 0) is 22.7 Å². The van der Waals surface area contributed by atoms with Crippen molar-refractivity contribution in [3.8, 4) is 5.75 Å². The van der Waals surface area contributed by atoms with E-state index in [1.165, 1.54) is 6.92 Å². The van der Waals surface area contributed by atoms with Gasteiger partial charge < -0.3 is 19.9 Å². The van der Waals surface area contributed by atoms with Crippen LogP contribution >= 0.6 is 0 Å². The molecular weight excluding hydrogens is 356 g/mol. The van der Waals surface area contributed by atoms with Crippen molar-refractivity contribution >= 4 is 28.5 Å². The fraction of sp³-hybridized carbons (Fsp3) is 0.286. The number of para-hydroxylation sites is 4. The Balaban J connectivity index is 1.56. The lowest BCUT2D eigenvalue weighted by molar-refractivity contribution is -0.146. The second-order valence-electron chi connectivity index (χ2n) is 6.94. The second-order valence-corrected chi connectivity index (χ2v) is 6.94. The number of nitrogens with zero attached hydrogens (tertiary/aromatic N) is 2. The van der Waals surface area contributed by atoms with E-state index in [4.69, 9.17) is 4.74 Å². The quantitative estimate of drug-likeness (QED) is 0.669. The van der Waals surface area contributed by atoms with Gasteiger partial charge in [-0.25, -0.2) is 4.98 Å². The highest BCUT2D eigenvalue weighted by atomic mass is 16.5. The number of hydrogen-bond acceptors (Lipinski definition) is 4. The first-order valence-corrected chi connectivity index (χ1v) is 9.35. The van der Waals surface area contributed by atoms with Gasteiger partial charge in [-0.2, -0.15) is 0 Å². The molecule has 0 radical (unpaired) electrons. The van der Waals surface area contributed by atoms with Crippen LogP contribution in [0.25, 0.3) is 11.0 Å². The lowest BCUT2D eigenvalue weighted by atomic mass is 10.0. The van der Waals surface area contributed by atoms with E-state index in [1.807, 2.05) is 24.3 Å². The summed E-state index contributed by atoms with van der Waals surface area (Å²) >= 11 is 0. The monoisotopic (exact) mass is 378 g/mol. The molecule has 0 spiro atoms. The standard InChI is InChI=1S/C21H22N4O3/c1-3-12-25-16-10-6-4-8-14(16)23-18(25)13-22-19(26)21(2)20(27)24-15-9-5-7-11-17(15)28-21/h4-11H,3,12-13H2,1-2H3,(H,22,26)(H,24,27). The normalized spacial score (nSPS) is 18.3. The molecule has 0 fully saturated rings. The Hall–Kier alpha value is -3.35. The molecule has 0 saturated heterocycles. The smallest absolute Gasteiger partial charge is 0.278 e. The van der Waals surface area contributed by atoms with E-state index >= 15 is 0 Å². The van der Waals surface area contributed by atoms with Gasteiger partial charge in [-0.1, -0.05) is 31.2 Å². The van der Waals surface area contributed by atoms with E-state index in [-0.39, 0.29) is 6.54 Å². The highest BCUT2D eigenvalue weighted by Gasteiger charge is 2.47. The molecule has 1 aromatic heterocycles. The van der Waals surface area contributed by atoms with Crippen LogP contribution < -0.4 is 15.4 Å². The summed E-state index contributed by atoms with van der Waals surface area (Å²) in [5, 5.41) is 5.56. The van der Waals surface area contributed by atoms with Crippen LogP contribution in [0.5, 0.6) is 5.75 Å². The number of amides is 2. The van der Waals surface area contributed by atoms with Crippen LogP contribution in [0.3, 0.4) is 0 Å². The summed E-state index contributed by atoms with van der Waals surface area (Å²) in [6.07, 6.45) is 0.946. The second kappa shape index (κ2) is 6.99. The zero-order valence-corrected chi connectivity index (χ0v) is 15.9. The number of fused-ring (bicyclic) bond motifs is 2. The van der Waals surface area contributed by atoms with E-state index in [2.05, 4.69) is 27.1 Å². The van der Waals surface area contributed by atoms with Gasteiger partial charge in [0.2, 0.25) is 0 Å². The first-order chi connectivity index (χ1) is 13.5. The summed E-state index contributed by atoms with van der Waals surface area (Å²) in [6.45, 7) is 4.58. The molecule has 0 aliphatic carbocycles. The number of aromatic nitrogens is 2. The molecule has 144 valence electrons. The molecule has 0 bridgehead atoms. The molecule has 1 aliphatic heterocycles. The molecule has 7 heteroatoms. The Kier molecular flexibility index (Phi) is 4.50. The Morgan fingerprint density at radius 3 is 2.79 bits per heavy atom. The molecule has 2 amide bonds. The minimum atomic E-state index is -1.64. The molecule has 1 aliphatic rings. The van der Waals surface area contributed by atoms with Crippen molar-refractivity contribution in [2.45, 2.75) is 39.0 Å². The number of nitrogens with one attached hydrogen (secondary N) is 2. The van der Waals surface area contributed by atoms with E-state index in [9.17, 15) is 9.59 Å². The SMILES string of the molecule is CCCn1c(CNC(=O)C2(C)Oc3ccccc3NC2=O)nc2ccccc21. The lowest BCUT2D eigenvalue weighted by Gasteiger charge is -2.33. The first kappa shape index (κ1) is 18.0. The minimum absolute atomic E-state index is 0.210. The van der Waals surface area contributed by atoms with Crippen LogP contribution in [0.1, 0.15) is 26.1 Å². The third-order valence-electron chi connectivity index (χ3n) is 4.90. The predicted molar refractivity (Wildman–Crippen MR) is 106 cm³/mol. The highest BCUT2D eigenvalue weighted by Crippen LogP contribution is 2.33. The molecule has 28 heavy (non-hydrogen) atoms. The molecule has 7 nitrogen and oxygen atoms in total. The van der Waals surface area contributed by atoms with Gasteiger partial charge in [0.25, 0.3) is 17.4 Å². The number of anilines is 1. The topological polar surface area (TPSA) is 85.3 Å². The Morgan fingerprint density at radius 1 is 1.21 bits per heavy atom. The zero-order valence-electron chi connectivity index (χ0n) is 15.9. The van der Waals surface area contributed by atoms with Crippen molar-refractivity contribution in [3.63, 3.8) is 0 Å². The average Bonchev–Trinajstić information content (AvgIpc) is 3.05. The molecule has 1 atom stereocenters. The van der Waals surface area contributed by atoms with Gasteiger partial charge in [0.05, 0.1) is 23.3 Å². The Labute approximate surface area is 162 Å². The number of rotatable bonds is 5. The maximum absolute atomic E-state index is 12.9. The third kappa shape index (κ3) is 2.98. The molecule has 2 N–H and O–H groups in total. The average molecular weight is 378 g/mol. The van der Waals surface area contributed by atoms with Gasteiger partial charge >= 0.3 is 0 Å². The van der Waals surface area contributed by atoms with Gasteiger partial charge in [0.1, 0.15) is 11.6 Å².